The van der Waals surface area contributed by atoms with Crippen LogP contribution in [-0.4, -0.2) is 52.7 Å². The van der Waals surface area contributed by atoms with Crippen LogP contribution in [0.5, 0.6) is 0 Å². The third-order valence-electron chi connectivity index (χ3n) is 6.48. The first kappa shape index (κ1) is 24.3. The van der Waals surface area contributed by atoms with Gasteiger partial charge in [-0.25, -0.2) is 9.59 Å². The van der Waals surface area contributed by atoms with Gasteiger partial charge < -0.3 is 20.1 Å². The number of carboxylic acids is 1. The van der Waals surface area contributed by atoms with Gasteiger partial charge in [-0.3, -0.25) is 4.79 Å². The van der Waals surface area contributed by atoms with Gasteiger partial charge in [-0.1, -0.05) is 48.5 Å². The van der Waals surface area contributed by atoms with E-state index >= 15 is 0 Å². The minimum atomic E-state index is -1.30. The van der Waals surface area contributed by atoms with E-state index < -0.39 is 23.1 Å². The van der Waals surface area contributed by atoms with Gasteiger partial charge in [0.15, 0.2) is 0 Å². The molecule has 2 aromatic rings. The molecule has 2 N–H and O–H groups in total. The Balaban J connectivity index is 1.56. The molecule has 3 rings (SSSR count). The number of nitrogens with one attached hydrogen (secondary N) is 1. The summed E-state index contributed by atoms with van der Waals surface area (Å²) in [6.45, 7) is 6.79. The molecule has 1 aliphatic rings. The normalized spacial score (nSPS) is 13.1. The van der Waals surface area contributed by atoms with Crippen molar-refractivity contribution < 1.29 is 24.2 Å². The van der Waals surface area contributed by atoms with Crippen LogP contribution in [0.25, 0.3) is 11.1 Å². The molecule has 0 heterocycles. The summed E-state index contributed by atoms with van der Waals surface area (Å²) in [7, 11) is 1.47. The predicted octanol–water partition coefficient (Wildman–Crippen LogP) is 4.41. The van der Waals surface area contributed by atoms with Crippen molar-refractivity contribution in [1.82, 2.24) is 10.2 Å². The summed E-state index contributed by atoms with van der Waals surface area (Å²) >= 11 is 0. The fraction of sp³-hybridized carbons (Fsp3) is 0.423. The van der Waals surface area contributed by atoms with Gasteiger partial charge in [0.05, 0.1) is 0 Å². The van der Waals surface area contributed by atoms with Crippen molar-refractivity contribution in [2.24, 2.45) is 0 Å². The highest BCUT2D eigenvalue weighted by atomic mass is 16.5. The maximum atomic E-state index is 12.6. The highest BCUT2D eigenvalue weighted by Gasteiger charge is 2.36. The number of rotatable bonds is 8. The number of carboxylic acid groups (broad SMARTS) is 1. The molecular formula is C26H32N2O5. The molecule has 0 radical (unpaired) electrons. The Hall–Kier alpha value is -3.35. The van der Waals surface area contributed by atoms with Crippen LogP contribution < -0.4 is 5.32 Å². The van der Waals surface area contributed by atoms with Gasteiger partial charge in [-0.2, -0.15) is 0 Å². The maximum absolute atomic E-state index is 12.6. The molecular weight excluding hydrogens is 420 g/mol. The number of ether oxygens (including phenoxy) is 1. The van der Waals surface area contributed by atoms with Gasteiger partial charge in [-0.05, 0) is 56.4 Å². The first-order valence-electron chi connectivity index (χ1n) is 11.1. The Kier molecular flexibility index (Phi) is 6.81. The highest BCUT2D eigenvalue weighted by molar-refractivity contribution is 5.86. The van der Waals surface area contributed by atoms with Crippen molar-refractivity contribution in [2.75, 3.05) is 13.7 Å². The van der Waals surface area contributed by atoms with Gasteiger partial charge in [0.25, 0.3) is 0 Å². The lowest BCUT2D eigenvalue weighted by molar-refractivity contribution is -0.155. The van der Waals surface area contributed by atoms with E-state index in [1.165, 1.54) is 25.8 Å². The molecule has 2 amide bonds. The van der Waals surface area contributed by atoms with E-state index in [0.717, 1.165) is 22.3 Å². The van der Waals surface area contributed by atoms with E-state index in [1.807, 2.05) is 38.1 Å². The molecule has 0 unspecified atom stereocenters. The molecule has 2 aromatic carbocycles. The van der Waals surface area contributed by atoms with Crippen LogP contribution in [0.2, 0.25) is 0 Å². The fourth-order valence-corrected chi connectivity index (χ4v) is 4.02. The van der Waals surface area contributed by atoms with Gasteiger partial charge in [0.2, 0.25) is 5.91 Å². The summed E-state index contributed by atoms with van der Waals surface area (Å²) in [5.74, 6) is -1.40. The molecule has 0 atom stereocenters. The molecule has 0 fully saturated rings. The molecule has 33 heavy (non-hydrogen) atoms. The number of fused-ring (bicyclic) bond motifs is 3. The number of hydrogen-bond acceptors (Lipinski definition) is 4. The van der Waals surface area contributed by atoms with Crippen LogP contribution in [0.4, 0.5) is 4.79 Å². The van der Waals surface area contributed by atoms with Gasteiger partial charge in [-0.15, -0.1) is 0 Å². The van der Waals surface area contributed by atoms with Crippen molar-refractivity contribution in [3.05, 3.63) is 59.7 Å². The second-order valence-corrected chi connectivity index (χ2v) is 9.65. The minimum absolute atomic E-state index is 0.0280. The number of benzene rings is 2. The number of hydrogen-bond donors (Lipinski definition) is 2. The molecule has 0 aromatic heterocycles. The van der Waals surface area contributed by atoms with Gasteiger partial charge >= 0.3 is 12.1 Å². The third-order valence-corrected chi connectivity index (χ3v) is 6.48. The van der Waals surface area contributed by atoms with E-state index in [4.69, 9.17) is 4.74 Å². The predicted molar refractivity (Wildman–Crippen MR) is 126 cm³/mol. The SMILES string of the molecule is CN(C(=O)CCC(C)(C)NC(=O)OCC1c2ccccc2-c2ccccc21)C(C)(C)C(=O)O. The van der Waals surface area contributed by atoms with E-state index in [9.17, 15) is 19.5 Å². The average Bonchev–Trinajstić information content (AvgIpc) is 3.09. The highest BCUT2D eigenvalue weighted by Crippen LogP contribution is 2.44. The Bertz CT molecular complexity index is 1010. The Morgan fingerprint density at radius 3 is 2.00 bits per heavy atom. The molecule has 0 saturated carbocycles. The standard InChI is InChI=1S/C26H32N2O5/c1-25(2,15-14-22(29)28(5)26(3,4)23(30)31)27-24(32)33-16-21-19-12-8-6-10-17(19)18-11-7-9-13-20(18)21/h6-13,21H,14-16H2,1-5H3,(H,27,32)(H,30,31). The maximum Gasteiger partial charge on any atom is 0.407 e. The summed E-state index contributed by atoms with van der Waals surface area (Å²) in [5, 5.41) is 12.1. The molecule has 0 saturated heterocycles. The number of carbonyl (C=O) groups is 3. The van der Waals surface area contributed by atoms with Crippen LogP contribution in [0.15, 0.2) is 48.5 Å². The molecule has 0 bridgehead atoms. The fourth-order valence-electron chi connectivity index (χ4n) is 4.02. The van der Waals surface area contributed by atoms with Crippen LogP contribution in [0.1, 0.15) is 57.6 Å². The van der Waals surface area contributed by atoms with Gasteiger partial charge in [0.1, 0.15) is 12.1 Å². The van der Waals surface area contributed by atoms with Crippen molar-refractivity contribution in [3.63, 3.8) is 0 Å². The number of alkyl carbamates (subject to hydrolysis) is 1. The lowest BCUT2D eigenvalue weighted by Gasteiger charge is -2.33. The molecule has 0 aliphatic heterocycles. The Labute approximate surface area is 194 Å². The van der Waals surface area contributed by atoms with Crippen LogP contribution in [0.3, 0.4) is 0 Å². The summed E-state index contributed by atoms with van der Waals surface area (Å²) in [5.41, 5.74) is 2.60. The molecule has 7 nitrogen and oxygen atoms in total. The smallest absolute Gasteiger partial charge is 0.407 e. The number of likely N-dealkylation sites (N-methyl/N-ethyl adjacent to an activating group) is 1. The van der Waals surface area contributed by atoms with Crippen molar-refractivity contribution in [2.45, 2.75) is 57.5 Å². The summed E-state index contributed by atoms with van der Waals surface area (Å²) in [6.07, 6.45) is -0.103. The van der Waals surface area contributed by atoms with Crippen molar-refractivity contribution >= 4 is 18.0 Å². The summed E-state index contributed by atoms with van der Waals surface area (Å²) in [6, 6.07) is 16.3. The van der Waals surface area contributed by atoms with Crippen molar-refractivity contribution in [3.8, 4) is 11.1 Å². The van der Waals surface area contributed by atoms with Gasteiger partial charge in [0, 0.05) is 24.9 Å². The zero-order chi connectivity index (χ0) is 24.4. The third kappa shape index (κ3) is 5.18. The molecule has 0 spiro atoms. The molecule has 7 heteroatoms. The Morgan fingerprint density at radius 2 is 1.48 bits per heavy atom. The number of nitrogens with zero attached hydrogens (tertiary/aromatic N) is 1. The number of carbonyl (C=O) groups excluding carboxylic acids is 2. The average molecular weight is 453 g/mol. The van der Waals surface area contributed by atoms with Crippen LogP contribution >= 0.6 is 0 Å². The number of amides is 2. The monoisotopic (exact) mass is 452 g/mol. The lowest BCUT2D eigenvalue weighted by atomic mass is 9.96. The topological polar surface area (TPSA) is 95.9 Å². The van der Waals surface area contributed by atoms with Crippen LogP contribution in [-0.2, 0) is 14.3 Å². The second kappa shape index (κ2) is 9.25. The van der Waals surface area contributed by atoms with E-state index in [-0.39, 0.29) is 24.9 Å². The zero-order valence-corrected chi connectivity index (χ0v) is 19.8. The van der Waals surface area contributed by atoms with Crippen LogP contribution in [0, 0.1) is 0 Å². The first-order chi connectivity index (χ1) is 15.4. The molecule has 176 valence electrons. The first-order valence-corrected chi connectivity index (χ1v) is 11.1. The quantitative estimate of drug-likeness (QED) is 0.619. The molecule has 1 aliphatic carbocycles. The summed E-state index contributed by atoms with van der Waals surface area (Å²) < 4.78 is 5.59. The summed E-state index contributed by atoms with van der Waals surface area (Å²) in [4.78, 5) is 37.6. The van der Waals surface area contributed by atoms with E-state index in [1.54, 1.807) is 0 Å². The van der Waals surface area contributed by atoms with E-state index in [0.29, 0.717) is 6.42 Å². The minimum Gasteiger partial charge on any atom is -0.480 e. The van der Waals surface area contributed by atoms with E-state index in [2.05, 4.69) is 29.6 Å². The largest absolute Gasteiger partial charge is 0.480 e. The lowest BCUT2D eigenvalue weighted by Crippen LogP contribution is -2.51. The Morgan fingerprint density at radius 1 is 0.970 bits per heavy atom. The van der Waals surface area contributed by atoms with Crippen molar-refractivity contribution in [1.29, 1.82) is 0 Å². The second-order valence-electron chi connectivity index (χ2n) is 9.65. The zero-order valence-electron chi connectivity index (χ0n) is 19.8. The number of aliphatic carboxylic acids is 1.